The fourth-order valence-electron chi connectivity index (χ4n) is 5.19. The monoisotopic (exact) mass is 540 g/mol. The molecule has 1 saturated heterocycles. The van der Waals surface area contributed by atoms with E-state index in [0.29, 0.717) is 35.0 Å². The molecular weight excluding hydrogens is 512 g/mol. The number of nitrogens with zero attached hydrogens (tertiary/aromatic N) is 2. The number of ketones is 1. The first-order chi connectivity index (χ1) is 18.8. The van der Waals surface area contributed by atoms with E-state index in [-0.39, 0.29) is 17.4 Å². The summed E-state index contributed by atoms with van der Waals surface area (Å²) < 4.78 is 12.6. The molecule has 39 heavy (non-hydrogen) atoms. The van der Waals surface area contributed by atoms with E-state index in [0.717, 1.165) is 33.5 Å². The number of Topliss-reactive ketones (excluding diaryl/α,β-unsaturated/α-hetero) is 1. The molecule has 2 aliphatic rings. The highest BCUT2D eigenvalue weighted by molar-refractivity contribution is 7.22. The Kier molecular flexibility index (Phi) is 6.35. The third-order valence-corrected chi connectivity index (χ3v) is 8.02. The standard InChI is InChI=1S/C31H28N2O5S/c1-4-12-37-22-7-5-6-19(16-22)27-26(28(34)20-9-11-24-21(15-20)14-18(3)38-24)29(35)30(36)33(27)31-32-23-10-8-17(2)13-25(23)39-31/h5-11,13,15-16,18,27,34H,4,12,14H2,1-3H3/b28-26+/t18-,27+/m0/s1. The van der Waals surface area contributed by atoms with Gasteiger partial charge in [-0.3, -0.25) is 14.5 Å². The number of aliphatic hydroxyl groups is 1. The van der Waals surface area contributed by atoms with Crippen molar-refractivity contribution in [3.63, 3.8) is 0 Å². The minimum absolute atomic E-state index is 0.0231. The number of fused-ring (bicyclic) bond motifs is 2. The van der Waals surface area contributed by atoms with E-state index in [9.17, 15) is 14.7 Å². The minimum Gasteiger partial charge on any atom is -0.507 e. The summed E-state index contributed by atoms with van der Waals surface area (Å²) >= 11 is 1.35. The molecule has 6 rings (SSSR count). The molecule has 0 spiro atoms. The summed E-state index contributed by atoms with van der Waals surface area (Å²) in [6, 6.07) is 17.7. The number of aliphatic hydroxyl groups excluding tert-OH is 1. The maximum atomic E-state index is 13.6. The summed E-state index contributed by atoms with van der Waals surface area (Å²) in [5, 5.41) is 12.0. The molecule has 1 aromatic heterocycles. The van der Waals surface area contributed by atoms with Crippen molar-refractivity contribution < 1.29 is 24.2 Å². The largest absolute Gasteiger partial charge is 0.507 e. The summed E-state index contributed by atoms with van der Waals surface area (Å²) in [4.78, 5) is 33.3. The number of amides is 1. The topological polar surface area (TPSA) is 89.0 Å². The summed E-state index contributed by atoms with van der Waals surface area (Å²) in [6.45, 7) is 6.54. The van der Waals surface area contributed by atoms with Crippen molar-refractivity contribution in [3.05, 3.63) is 88.5 Å². The molecule has 8 heteroatoms. The van der Waals surface area contributed by atoms with E-state index in [1.807, 2.05) is 69.3 Å². The zero-order valence-corrected chi connectivity index (χ0v) is 22.7. The molecule has 198 valence electrons. The predicted octanol–water partition coefficient (Wildman–Crippen LogP) is 6.34. The maximum absolute atomic E-state index is 13.6. The van der Waals surface area contributed by atoms with E-state index in [4.69, 9.17) is 14.5 Å². The van der Waals surface area contributed by atoms with Crippen LogP contribution in [0.5, 0.6) is 11.5 Å². The Labute approximate surface area is 230 Å². The summed E-state index contributed by atoms with van der Waals surface area (Å²) in [6.07, 6.45) is 1.58. The molecular formula is C31H28N2O5S. The summed E-state index contributed by atoms with van der Waals surface area (Å²) in [5.74, 6) is -0.307. The van der Waals surface area contributed by atoms with E-state index >= 15 is 0 Å². The first-order valence-electron chi connectivity index (χ1n) is 13.0. The van der Waals surface area contributed by atoms with Crippen molar-refractivity contribution in [1.29, 1.82) is 0 Å². The Morgan fingerprint density at radius 3 is 2.82 bits per heavy atom. The Hall–Kier alpha value is -4.17. The molecule has 1 fully saturated rings. The number of aromatic nitrogens is 1. The van der Waals surface area contributed by atoms with Crippen molar-refractivity contribution in [1.82, 2.24) is 4.98 Å². The van der Waals surface area contributed by atoms with Gasteiger partial charge in [-0.25, -0.2) is 4.98 Å². The SMILES string of the molecule is CCCOc1cccc([C@@H]2/C(=C(\O)c3ccc4c(c3)C[C@H](C)O4)C(=O)C(=O)N2c2nc3ccc(C)cc3s2)c1. The van der Waals surface area contributed by atoms with Crippen LogP contribution in [0.25, 0.3) is 16.0 Å². The van der Waals surface area contributed by atoms with E-state index < -0.39 is 17.7 Å². The molecule has 3 heterocycles. The molecule has 1 N–H and O–H groups in total. The van der Waals surface area contributed by atoms with Crippen LogP contribution < -0.4 is 14.4 Å². The molecule has 0 aliphatic carbocycles. The van der Waals surface area contributed by atoms with Crippen molar-refractivity contribution in [2.45, 2.75) is 45.8 Å². The number of thiazole rings is 1. The summed E-state index contributed by atoms with van der Waals surface area (Å²) in [7, 11) is 0. The number of hydrogen-bond donors (Lipinski definition) is 1. The van der Waals surface area contributed by atoms with Crippen LogP contribution in [0, 0.1) is 6.92 Å². The van der Waals surface area contributed by atoms with Crippen LogP contribution in [0.1, 0.15) is 48.6 Å². The average molecular weight is 541 g/mol. The van der Waals surface area contributed by atoms with Crippen molar-refractivity contribution in [2.75, 3.05) is 11.5 Å². The fraction of sp³-hybridized carbons (Fsp3) is 0.258. The van der Waals surface area contributed by atoms with Crippen LogP contribution in [0.15, 0.2) is 66.2 Å². The van der Waals surface area contributed by atoms with Gasteiger partial charge in [-0.15, -0.1) is 0 Å². The average Bonchev–Trinajstić information content (AvgIpc) is 3.59. The van der Waals surface area contributed by atoms with Crippen LogP contribution in [-0.2, 0) is 16.0 Å². The molecule has 7 nitrogen and oxygen atoms in total. The number of hydrogen-bond acceptors (Lipinski definition) is 7. The molecule has 0 saturated carbocycles. The van der Waals surface area contributed by atoms with Gasteiger partial charge in [0.2, 0.25) is 0 Å². The fourth-order valence-corrected chi connectivity index (χ4v) is 6.28. The maximum Gasteiger partial charge on any atom is 0.301 e. The lowest BCUT2D eigenvalue weighted by atomic mass is 9.94. The number of ether oxygens (including phenoxy) is 2. The van der Waals surface area contributed by atoms with Gasteiger partial charge in [0.25, 0.3) is 5.78 Å². The number of benzene rings is 3. The van der Waals surface area contributed by atoms with Crippen LogP contribution >= 0.6 is 11.3 Å². The number of anilines is 1. The molecule has 4 aromatic rings. The number of carbonyl (C=O) groups is 2. The Morgan fingerprint density at radius 1 is 1.15 bits per heavy atom. The van der Waals surface area contributed by atoms with Crippen molar-refractivity contribution >= 4 is 44.1 Å². The number of rotatable bonds is 6. The van der Waals surface area contributed by atoms with Crippen LogP contribution in [-0.4, -0.2) is 34.5 Å². The molecule has 0 radical (unpaired) electrons. The van der Waals surface area contributed by atoms with Gasteiger partial charge >= 0.3 is 5.91 Å². The van der Waals surface area contributed by atoms with Gasteiger partial charge in [0.15, 0.2) is 5.13 Å². The first kappa shape index (κ1) is 25.1. The normalized spacial score (nSPS) is 19.9. The lowest BCUT2D eigenvalue weighted by Crippen LogP contribution is -2.29. The molecule has 2 aliphatic heterocycles. The van der Waals surface area contributed by atoms with Gasteiger partial charge in [-0.05, 0) is 79.4 Å². The molecule has 0 unspecified atom stereocenters. The second-order valence-electron chi connectivity index (χ2n) is 10.0. The molecule has 1 amide bonds. The highest BCUT2D eigenvalue weighted by atomic mass is 32.1. The van der Waals surface area contributed by atoms with Crippen LogP contribution in [0.2, 0.25) is 0 Å². The smallest absolute Gasteiger partial charge is 0.301 e. The van der Waals surface area contributed by atoms with Gasteiger partial charge in [-0.1, -0.05) is 36.5 Å². The van der Waals surface area contributed by atoms with Crippen LogP contribution in [0.3, 0.4) is 0 Å². The van der Waals surface area contributed by atoms with Gasteiger partial charge in [-0.2, -0.15) is 0 Å². The summed E-state index contributed by atoms with van der Waals surface area (Å²) in [5.41, 5.74) is 3.91. The van der Waals surface area contributed by atoms with Crippen LogP contribution in [0.4, 0.5) is 5.13 Å². The molecule has 0 bridgehead atoms. The highest BCUT2D eigenvalue weighted by Crippen LogP contribution is 2.45. The third kappa shape index (κ3) is 4.44. The third-order valence-electron chi connectivity index (χ3n) is 7.00. The van der Waals surface area contributed by atoms with Gasteiger partial charge in [0.05, 0.1) is 28.4 Å². The van der Waals surface area contributed by atoms with Crippen molar-refractivity contribution in [2.24, 2.45) is 0 Å². The molecule has 3 aromatic carbocycles. The minimum atomic E-state index is -0.875. The zero-order valence-electron chi connectivity index (χ0n) is 21.9. The first-order valence-corrected chi connectivity index (χ1v) is 13.9. The lowest BCUT2D eigenvalue weighted by Gasteiger charge is -2.23. The second-order valence-corrected chi connectivity index (χ2v) is 11.0. The van der Waals surface area contributed by atoms with Gasteiger partial charge < -0.3 is 14.6 Å². The van der Waals surface area contributed by atoms with E-state index in [1.54, 1.807) is 12.1 Å². The molecule has 2 atom stereocenters. The quantitative estimate of drug-likeness (QED) is 0.174. The van der Waals surface area contributed by atoms with Gasteiger partial charge in [0.1, 0.15) is 23.4 Å². The Balaban J connectivity index is 1.52. The van der Waals surface area contributed by atoms with E-state index in [2.05, 4.69) is 0 Å². The van der Waals surface area contributed by atoms with Gasteiger partial charge in [0, 0.05) is 12.0 Å². The Bertz CT molecular complexity index is 1660. The predicted molar refractivity (Wildman–Crippen MR) is 152 cm³/mol. The van der Waals surface area contributed by atoms with E-state index in [1.165, 1.54) is 16.2 Å². The second kappa shape index (κ2) is 9.85. The highest BCUT2D eigenvalue weighted by Gasteiger charge is 2.48. The zero-order chi connectivity index (χ0) is 27.3. The lowest BCUT2D eigenvalue weighted by molar-refractivity contribution is -0.132. The van der Waals surface area contributed by atoms with Crippen molar-refractivity contribution in [3.8, 4) is 11.5 Å². The Morgan fingerprint density at radius 2 is 2.00 bits per heavy atom. The number of carbonyl (C=O) groups excluding carboxylic acids is 2. The number of aryl methyl sites for hydroxylation is 1.